The molecule has 0 radical (unpaired) electrons. The van der Waals surface area contributed by atoms with Gasteiger partial charge in [0.25, 0.3) is 0 Å². The van der Waals surface area contributed by atoms with Crippen molar-refractivity contribution >= 4 is 11.8 Å². The maximum Gasteiger partial charge on any atom is 0.192 e. The van der Waals surface area contributed by atoms with Gasteiger partial charge in [-0.25, -0.2) is 4.68 Å². The molecule has 4 aromatic rings. The second-order valence-corrected chi connectivity index (χ2v) is 6.80. The number of thioether (sulfide) groups is 1. The number of para-hydroxylation sites is 1. The lowest BCUT2D eigenvalue weighted by molar-refractivity contribution is 0.731. The molecule has 27 heavy (non-hydrogen) atoms. The number of nitrogens with zero attached hydrogens (tertiary/aromatic N) is 6. The Morgan fingerprint density at radius 2 is 1.85 bits per heavy atom. The van der Waals surface area contributed by atoms with Crippen LogP contribution in [0.4, 0.5) is 0 Å². The molecule has 0 saturated heterocycles. The summed E-state index contributed by atoms with van der Waals surface area (Å²) >= 11 is 1.64. The summed E-state index contributed by atoms with van der Waals surface area (Å²) in [4.78, 5) is 4.06. The Kier molecular flexibility index (Phi) is 5.11. The lowest BCUT2D eigenvalue weighted by atomic mass is 10.2. The fourth-order valence-electron chi connectivity index (χ4n) is 2.71. The fourth-order valence-corrected chi connectivity index (χ4v) is 3.57. The minimum atomic E-state index is 0.649. The van der Waals surface area contributed by atoms with Crippen molar-refractivity contribution in [3.05, 3.63) is 85.5 Å². The third-order valence-corrected chi connectivity index (χ3v) is 5.03. The van der Waals surface area contributed by atoms with Gasteiger partial charge < -0.3 is 0 Å². The Morgan fingerprint density at radius 3 is 2.63 bits per heavy atom. The van der Waals surface area contributed by atoms with Gasteiger partial charge in [-0.2, -0.15) is 5.10 Å². The van der Waals surface area contributed by atoms with Gasteiger partial charge in [0, 0.05) is 42.0 Å². The van der Waals surface area contributed by atoms with Crippen molar-refractivity contribution in [2.45, 2.75) is 17.5 Å². The van der Waals surface area contributed by atoms with Crippen LogP contribution in [0.5, 0.6) is 0 Å². The summed E-state index contributed by atoms with van der Waals surface area (Å²) in [6, 6.07) is 13.9. The molecule has 3 heterocycles. The highest BCUT2D eigenvalue weighted by molar-refractivity contribution is 7.98. The average molecular weight is 374 g/mol. The topological polar surface area (TPSA) is 61.4 Å². The van der Waals surface area contributed by atoms with E-state index in [1.807, 2.05) is 65.6 Å². The average Bonchev–Trinajstić information content (AvgIpc) is 3.35. The van der Waals surface area contributed by atoms with E-state index >= 15 is 0 Å². The number of hydrogen-bond donors (Lipinski definition) is 0. The summed E-state index contributed by atoms with van der Waals surface area (Å²) < 4.78 is 3.95. The number of allylic oxidation sites excluding steroid dienone is 1. The second-order valence-electron chi connectivity index (χ2n) is 5.86. The highest BCUT2D eigenvalue weighted by Crippen LogP contribution is 2.26. The molecule has 0 saturated carbocycles. The highest BCUT2D eigenvalue weighted by atomic mass is 32.2. The Labute approximate surface area is 161 Å². The first-order valence-electron chi connectivity index (χ1n) is 8.51. The van der Waals surface area contributed by atoms with Crippen LogP contribution in [0.2, 0.25) is 0 Å². The van der Waals surface area contributed by atoms with Gasteiger partial charge in [-0.15, -0.1) is 16.8 Å². The maximum atomic E-state index is 4.45. The monoisotopic (exact) mass is 374 g/mol. The van der Waals surface area contributed by atoms with E-state index in [4.69, 9.17) is 0 Å². The molecule has 0 bridgehead atoms. The number of benzene rings is 1. The molecule has 0 amide bonds. The van der Waals surface area contributed by atoms with Gasteiger partial charge in [0.15, 0.2) is 11.0 Å². The maximum absolute atomic E-state index is 4.45. The fraction of sp³-hybridized carbons (Fsp3) is 0.100. The molecular formula is C20H18N6S. The molecule has 6 nitrogen and oxygen atoms in total. The zero-order chi connectivity index (χ0) is 18.5. The van der Waals surface area contributed by atoms with Gasteiger partial charge in [0.1, 0.15) is 0 Å². The summed E-state index contributed by atoms with van der Waals surface area (Å²) in [5.41, 5.74) is 3.16. The molecule has 134 valence electrons. The lowest BCUT2D eigenvalue weighted by Gasteiger charge is -2.07. The van der Waals surface area contributed by atoms with Gasteiger partial charge in [-0.3, -0.25) is 9.55 Å². The van der Waals surface area contributed by atoms with Crippen LogP contribution in [0.25, 0.3) is 17.1 Å². The molecule has 0 aliphatic carbocycles. The molecule has 1 aromatic carbocycles. The Balaban J connectivity index is 1.53. The van der Waals surface area contributed by atoms with E-state index in [9.17, 15) is 0 Å². The molecule has 0 unspecified atom stereocenters. The summed E-state index contributed by atoms with van der Waals surface area (Å²) in [5, 5.41) is 14.0. The van der Waals surface area contributed by atoms with E-state index in [2.05, 4.69) is 31.4 Å². The van der Waals surface area contributed by atoms with E-state index in [1.165, 1.54) is 0 Å². The summed E-state index contributed by atoms with van der Waals surface area (Å²) in [5.74, 6) is 1.58. The first-order valence-corrected chi connectivity index (χ1v) is 9.50. The van der Waals surface area contributed by atoms with Crippen molar-refractivity contribution < 1.29 is 0 Å². The van der Waals surface area contributed by atoms with Crippen molar-refractivity contribution in [3.63, 3.8) is 0 Å². The van der Waals surface area contributed by atoms with Gasteiger partial charge in [-0.05, 0) is 24.3 Å². The number of pyridine rings is 1. The van der Waals surface area contributed by atoms with Crippen molar-refractivity contribution in [1.82, 2.24) is 29.5 Å². The van der Waals surface area contributed by atoms with Crippen LogP contribution < -0.4 is 0 Å². The first kappa shape index (κ1) is 17.2. The molecule has 4 rings (SSSR count). The zero-order valence-corrected chi connectivity index (χ0v) is 15.5. The third-order valence-electron chi connectivity index (χ3n) is 3.99. The minimum Gasteiger partial charge on any atom is -0.298 e. The smallest absolute Gasteiger partial charge is 0.192 e. The van der Waals surface area contributed by atoms with Gasteiger partial charge in [0.05, 0.1) is 11.9 Å². The SMILES string of the molecule is C=CCn1c(SCc2cnn(-c3ccccc3)c2)nnc1-c1ccncc1. The van der Waals surface area contributed by atoms with Crippen LogP contribution >= 0.6 is 11.8 Å². The van der Waals surface area contributed by atoms with Crippen LogP contribution in [-0.4, -0.2) is 29.5 Å². The van der Waals surface area contributed by atoms with Crippen LogP contribution in [-0.2, 0) is 12.3 Å². The van der Waals surface area contributed by atoms with Crippen LogP contribution in [0.15, 0.2) is 85.1 Å². The molecule has 7 heteroatoms. The van der Waals surface area contributed by atoms with Crippen molar-refractivity contribution in [1.29, 1.82) is 0 Å². The summed E-state index contributed by atoms with van der Waals surface area (Å²) in [7, 11) is 0. The predicted molar refractivity (Wildman–Crippen MR) is 107 cm³/mol. The molecular weight excluding hydrogens is 356 g/mol. The molecule has 0 fully saturated rings. The van der Waals surface area contributed by atoms with Crippen molar-refractivity contribution in [2.75, 3.05) is 0 Å². The molecule has 3 aromatic heterocycles. The Hall–Kier alpha value is -3.19. The van der Waals surface area contributed by atoms with Crippen molar-refractivity contribution in [2.24, 2.45) is 0 Å². The van der Waals surface area contributed by atoms with Crippen LogP contribution in [0, 0.1) is 0 Å². The molecule has 0 aliphatic heterocycles. The molecule has 0 N–H and O–H groups in total. The van der Waals surface area contributed by atoms with Gasteiger partial charge >= 0.3 is 0 Å². The second kappa shape index (κ2) is 8.01. The Bertz CT molecular complexity index is 1020. The Morgan fingerprint density at radius 1 is 1.04 bits per heavy atom. The normalized spacial score (nSPS) is 10.8. The number of aromatic nitrogens is 6. The van der Waals surface area contributed by atoms with E-state index < -0.39 is 0 Å². The first-order chi connectivity index (χ1) is 13.3. The van der Waals surface area contributed by atoms with Crippen molar-refractivity contribution in [3.8, 4) is 17.1 Å². The number of hydrogen-bond acceptors (Lipinski definition) is 5. The highest BCUT2D eigenvalue weighted by Gasteiger charge is 2.14. The van der Waals surface area contributed by atoms with Crippen LogP contribution in [0.3, 0.4) is 0 Å². The molecule has 0 aliphatic rings. The van der Waals surface area contributed by atoms with E-state index in [0.717, 1.165) is 33.5 Å². The summed E-state index contributed by atoms with van der Waals surface area (Å²) in [6.07, 6.45) is 9.30. The molecule has 0 spiro atoms. The van der Waals surface area contributed by atoms with E-state index in [1.54, 1.807) is 24.2 Å². The third kappa shape index (κ3) is 3.83. The molecule has 0 atom stereocenters. The minimum absolute atomic E-state index is 0.649. The van der Waals surface area contributed by atoms with E-state index in [0.29, 0.717) is 6.54 Å². The summed E-state index contributed by atoms with van der Waals surface area (Å²) in [6.45, 7) is 4.50. The van der Waals surface area contributed by atoms with E-state index in [-0.39, 0.29) is 0 Å². The van der Waals surface area contributed by atoms with Crippen LogP contribution in [0.1, 0.15) is 5.56 Å². The largest absolute Gasteiger partial charge is 0.298 e. The number of rotatable bonds is 7. The predicted octanol–water partition coefficient (Wildman–Crippen LogP) is 4.00. The lowest BCUT2D eigenvalue weighted by Crippen LogP contribution is -2.00. The quantitative estimate of drug-likeness (QED) is 0.361. The van der Waals surface area contributed by atoms with Gasteiger partial charge in [0.2, 0.25) is 0 Å². The standard InChI is InChI=1S/C20H18N6S/c1-2-12-25-19(17-8-10-21-11-9-17)23-24-20(25)27-15-16-13-22-26(14-16)18-6-4-3-5-7-18/h2-11,13-14H,1,12,15H2. The van der Waals surface area contributed by atoms with Gasteiger partial charge in [-0.1, -0.05) is 36.0 Å². The zero-order valence-electron chi connectivity index (χ0n) is 14.6.